The van der Waals surface area contributed by atoms with Gasteiger partial charge in [0.1, 0.15) is 5.56 Å². The van der Waals surface area contributed by atoms with Gasteiger partial charge in [0.2, 0.25) is 6.41 Å². The Kier molecular flexibility index (Phi) is 2.97. The third kappa shape index (κ3) is 2.02. The molecular formula is C8H8N2O3. The molecule has 0 atom stereocenters. The summed E-state index contributed by atoms with van der Waals surface area (Å²) < 4.78 is 4.49. The van der Waals surface area contributed by atoms with Gasteiger partial charge < -0.3 is 10.1 Å². The molecular weight excluding hydrogens is 172 g/mol. The van der Waals surface area contributed by atoms with Crippen LogP contribution < -0.4 is 5.32 Å². The number of ether oxygens (including phenoxy) is 1. The number of pyridine rings is 1. The van der Waals surface area contributed by atoms with E-state index >= 15 is 0 Å². The van der Waals surface area contributed by atoms with Crippen LogP contribution in [0.15, 0.2) is 18.5 Å². The van der Waals surface area contributed by atoms with Gasteiger partial charge in [-0.2, -0.15) is 0 Å². The Bertz CT molecular complexity index is 325. The summed E-state index contributed by atoms with van der Waals surface area (Å²) in [6.07, 6.45) is 3.29. The lowest BCUT2D eigenvalue weighted by atomic mass is 10.2. The molecule has 1 heterocycles. The maximum absolute atomic E-state index is 11.1. The van der Waals surface area contributed by atoms with Crippen LogP contribution in [0.2, 0.25) is 0 Å². The molecule has 0 aliphatic rings. The molecule has 0 aromatic carbocycles. The Morgan fingerprint density at radius 3 is 3.08 bits per heavy atom. The Balaban J connectivity index is 3.03. The van der Waals surface area contributed by atoms with E-state index in [1.807, 2.05) is 0 Å². The first-order valence-electron chi connectivity index (χ1n) is 3.52. The lowest BCUT2D eigenvalue weighted by molar-refractivity contribution is -0.105. The summed E-state index contributed by atoms with van der Waals surface area (Å²) in [4.78, 5) is 25.0. The molecule has 0 fully saturated rings. The number of nitrogens with one attached hydrogen (secondary N) is 1. The Hall–Kier alpha value is -1.91. The van der Waals surface area contributed by atoms with Gasteiger partial charge in [-0.3, -0.25) is 9.78 Å². The minimum atomic E-state index is -0.530. The summed E-state index contributed by atoms with van der Waals surface area (Å²) in [5.74, 6) is -0.530. The van der Waals surface area contributed by atoms with Gasteiger partial charge in [0, 0.05) is 12.4 Å². The molecule has 5 nitrogen and oxygen atoms in total. The molecule has 5 heteroatoms. The Labute approximate surface area is 74.7 Å². The fraction of sp³-hybridized carbons (Fsp3) is 0.125. The van der Waals surface area contributed by atoms with E-state index in [2.05, 4.69) is 15.0 Å². The van der Waals surface area contributed by atoms with Gasteiger partial charge in [-0.15, -0.1) is 0 Å². The van der Waals surface area contributed by atoms with Gasteiger partial charge in [-0.1, -0.05) is 0 Å². The molecule has 1 aromatic heterocycles. The van der Waals surface area contributed by atoms with Crippen molar-refractivity contribution < 1.29 is 14.3 Å². The summed E-state index contributed by atoms with van der Waals surface area (Å²) in [5, 5.41) is 2.37. The normalized spacial score (nSPS) is 9.00. The van der Waals surface area contributed by atoms with Crippen molar-refractivity contribution in [2.45, 2.75) is 0 Å². The molecule has 0 bridgehead atoms. The highest BCUT2D eigenvalue weighted by Gasteiger charge is 2.10. The van der Waals surface area contributed by atoms with Crippen LogP contribution in [0.5, 0.6) is 0 Å². The molecule has 68 valence electrons. The molecule has 1 aromatic rings. The van der Waals surface area contributed by atoms with Gasteiger partial charge in [0.15, 0.2) is 0 Å². The quantitative estimate of drug-likeness (QED) is 0.541. The first-order valence-corrected chi connectivity index (χ1v) is 3.52. The van der Waals surface area contributed by atoms with E-state index in [0.29, 0.717) is 12.1 Å². The summed E-state index contributed by atoms with van der Waals surface area (Å²) >= 11 is 0. The maximum Gasteiger partial charge on any atom is 0.341 e. The second-order valence-corrected chi connectivity index (χ2v) is 2.18. The third-order valence-corrected chi connectivity index (χ3v) is 1.44. The number of aromatic nitrogens is 1. The van der Waals surface area contributed by atoms with Gasteiger partial charge in [-0.05, 0) is 6.07 Å². The van der Waals surface area contributed by atoms with Crippen LogP contribution in [0.4, 0.5) is 5.69 Å². The monoisotopic (exact) mass is 180 g/mol. The highest BCUT2D eigenvalue weighted by atomic mass is 16.5. The number of carbonyl (C=O) groups excluding carboxylic acids is 2. The predicted octanol–water partition coefficient (Wildman–Crippen LogP) is 0.436. The molecule has 1 amide bonds. The number of hydrogen-bond donors (Lipinski definition) is 1. The summed E-state index contributed by atoms with van der Waals surface area (Å²) in [6.45, 7) is 0. The molecule has 0 saturated carbocycles. The SMILES string of the molecule is COC(=O)c1cnccc1NC=O. The van der Waals surface area contributed by atoms with Crippen molar-refractivity contribution in [2.24, 2.45) is 0 Å². The van der Waals surface area contributed by atoms with Crippen LogP contribution in [-0.4, -0.2) is 24.5 Å². The van der Waals surface area contributed by atoms with Crippen LogP contribution in [-0.2, 0) is 9.53 Å². The highest BCUT2D eigenvalue weighted by Crippen LogP contribution is 2.12. The average molecular weight is 180 g/mol. The summed E-state index contributed by atoms with van der Waals surface area (Å²) in [7, 11) is 1.26. The second kappa shape index (κ2) is 4.20. The van der Waals surface area contributed by atoms with Gasteiger partial charge in [-0.25, -0.2) is 4.79 Å². The highest BCUT2D eigenvalue weighted by molar-refractivity contribution is 5.97. The number of nitrogens with zero attached hydrogens (tertiary/aromatic N) is 1. The molecule has 0 aliphatic carbocycles. The zero-order valence-electron chi connectivity index (χ0n) is 6.98. The average Bonchev–Trinajstić information content (AvgIpc) is 2.18. The lowest BCUT2D eigenvalue weighted by Gasteiger charge is -2.04. The van der Waals surface area contributed by atoms with E-state index in [4.69, 9.17) is 0 Å². The first kappa shape index (κ1) is 9.18. The second-order valence-electron chi connectivity index (χ2n) is 2.18. The summed E-state index contributed by atoms with van der Waals surface area (Å²) in [5.41, 5.74) is 0.619. The number of amides is 1. The minimum absolute atomic E-state index is 0.233. The van der Waals surface area contributed by atoms with Crippen LogP contribution in [0.3, 0.4) is 0 Å². The van der Waals surface area contributed by atoms with Gasteiger partial charge >= 0.3 is 5.97 Å². The Morgan fingerprint density at radius 1 is 1.69 bits per heavy atom. The summed E-state index contributed by atoms with van der Waals surface area (Å²) in [6, 6.07) is 1.51. The van der Waals surface area contributed by atoms with Crippen molar-refractivity contribution in [1.82, 2.24) is 4.98 Å². The largest absolute Gasteiger partial charge is 0.465 e. The zero-order chi connectivity index (χ0) is 9.68. The fourth-order valence-electron chi connectivity index (χ4n) is 0.856. The molecule has 13 heavy (non-hydrogen) atoms. The molecule has 0 spiro atoms. The van der Waals surface area contributed by atoms with Crippen LogP contribution in [0.1, 0.15) is 10.4 Å². The predicted molar refractivity (Wildman–Crippen MR) is 45.3 cm³/mol. The Morgan fingerprint density at radius 2 is 2.46 bits per heavy atom. The van der Waals surface area contributed by atoms with Crippen LogP contribution >= 0.6 is 0 Å². The van der Waals surface area contributed by atoms with E-state index in [-0.39, 0.29) is 5.56 Å². The van der Waals surface area contributed by atoms with Gasteiger partial charge in [0.05, 0.1) is 12.8 Å². The molecule has 1 rings (SSSR count). The van der Waals surface area contributed by atoms with E-state index in [0.717, 1.165) is 0 Å². The number of hydrogen-bond acceptors (Lipinski definition) is 4. The molecule has 0 aliphatic heterocycles. The number of anilines is 1. The van der Waals surface area contributed by atoms with E-state index in [9.17, 15) is 9.59 Å². The van der Waals surface area contributed by atoms with Crippen molar-refractivity contribution in [1.29, 1.82) is 0 Å². The topological polar surface area (TPSA) is 68.3 Å². The lowest BCUT2D eigenvalue weighted by Crippen LogP contribution is -2.07. The van der Waals surface area contributed by atoms with Gasteiger partial charge in [0.25, 0.3) is 0 Å². The van der Waals surface area contributed by atoms with Crippen molar-refractivity contribution in [3.63, 3.8) is 0 Å². The fourth-order valence-corrected chi connectivity index (χ4v) is 0.856. The van der Waals surface area contributed by atoms with Crippen LogP contribution in [0.25, 0.3) is 0 Å². The number of esters is 1. The van der Waals surface area contributed by atoms with E-state index in [1.54, 1.807) is 0 Å². The van der Waals surface area contributed by atoms with E-state index in [1.165, 1.54) is 25.6 Å². The molecule has 0 radical (unpaired) electrons. The first-order chi connectivity index (χ1) is 6.29. The van der Waals surface area contributed by atoms with Crippen molar-refractivity contribution in [2.75, 3.05) is 12.4 Å². The van der Waals surface area contributed by atoms with Crippen molar-refractivity contribution in [3.05, 3.63) is 24.0 Å². The number of carbonyl (C=O) groups is 2. The van der Waals surface area contributed by atoms with Crippen LogP contribution in [0, 0.1) is 0 Å². The minimum Gasteiger partial charge on any atom is -0.465 e. The number of methoxy groups -OCH3 is 1. The van der Waals surface area contributed by atoms with E-state index < -0.39 is 5.97 Å². The maximum atomic E-state index is 11.1. The number of rotatable bonds is 3. The van der Waals surface area contributed by atoms with Crippen molar-refractivity contribution in [3.8, 4) is 0 Å². The molecule has 0 saturated heterocycles. The molecule has 0 unspecified atom stereocenters. The molecule has 1 N–H and O–H groups in total. The standard InChI is InChI=1S/C8H8N2O3/c1-13-8(12)6-4-9-3-2-7(6)10-5-11/h2-5H,1H3,(H,9,10,11). The zero-order valence-corrected chi connectivity index (χ0v) is 6.98. The smallest absolute Gasteiger partial charge is 0.341 e. The third-order valence-electron chi connectivity index (χ3n) is 1.44. The van der Waals surface area contributed by atoms with Crippen molar-refractivity contribution >= 4 is 18.1 Å².